The minimum absolute atomic E-state index is 0.00681. The van der Waals surface area contributed by atoms with E-state index in [1.54, 1.807) is 19.0 Å². The Morgan fingerprint density at radius 3 is 2.59 bits per heavy atom. The van der Waals surface area contributed by atoms with Crippen LogP contribution in [0.5, 0.6) is 0 Å². The van der Waals surface area contributed by atoms with Gasteiger partial charge < -0.3 is 30.9 Å². The van der Waals surface area contributed by atoms with Crippen LogP contribution in [0.4, 0.5) is 0 Å². The van der Waals surface area contributed by atoms with Gasteiger partial charge in [-0.05, 0) is 32.2 Å². The van der Waals surface area contributed by atoms with E-state index < -0.39 is 11.9 Å². The van der Waals surface area contributed by atoms with Crippen LogP contribution in [0.25, 0.3) is 0 Å². The van der Waals surface area contributed by atoms with E-state index in [1.807, 2.05) is 13.8 Å². The van der Waals surface area contributed by atoms with E-state index in [1.165, 1.54) is 16.7 Å². The lowest BCUT2D eigenvalue weighted by molar-refractivity contribution is -0.159. The zero-order chi connectivity index (χ0) is 24.7. The maximum absolute atomic E-state index is 13.2. The van der Waals surface area contributed by atoms with E-state index in [0.29, 0.717) is 24.3 Å². The number of amides is 3. The largest absolute Gasteiger partial charge is 0.477 e. The summed E-state index contributed by atoms with van der Waals surface area (Å²) in [5.74, 6) is -2.02. The standard InChI is InChI=1S/C23H35N5O5S/c1-5-13(26-20(29)14-7-6-8-24-14)16-17-11(2)19(18(23(32)33)28(17)22(16)31)34-12-9-15(25-10-12)21(30)27(3)4/h11-17,24-25H,5-10H2,1-4H3,(H,26,29)(H,32,33)/t11-,12+,13?,14+,15?,16-,17?/m1/s1. The number of nitrogens with one attached hydrogen (secondary N) is 3. The van der Waals surface area contributed by atoms with E-state index in [-0.39, 0.29) is 58.8 Å². The molecule has 4 aliphatic heterocycles. The van der Waals surface area contributed by atoms with Crippen molar-refractivity contribution in [2.45, 2.75) is 68.9 Å². The Morgan fingerprint density at radius 2 is 2.00 bits per heavy atom. The fourth-order valence-electron chi connectivity index (χ4n) is 5.71. The Kier molecular flexibility index (Phi) is 7.25. The predicted molar refractivity (Wildman–Crippen MR) is 128 cm³/mol. The number of aliphatic carboxylic acids is 1. The van der Waals surface area contributed by atoms with Crippen LogP contribution in [0.1, 0.15) is 39.5 Å². The second kappa shape index (κ2) is 9.87. The highest BCUT2D eigenvalue weighted by Crippen LogP contribution is 2.52. The number of nitrogens with zero attached hydrogens (tertiary/aromatic N) is 2. The van der Waals surface area contributed by atoms with Crippen molar-refractivity contribution >= 4 is 35.5 Å². The summed E-state index contributed by atoms with van der Waals surface area (Å²) in [4.78, 5) is 54.1. The lowest BCUT2D eigenvalue weighted by Crippen LogP contribution is -2.67. The average molecular weight is 494 g/mol. The van der Waals surface area contributed by atoms with Crippen LogP contribution in [0.2, 0.25) is 0 Å². The van der Waals surface area contributed by atoms with Gasteiger partial charge in [0.05, 0.1) is 24.0 Å². The molecular weight excluding hydrogens is 458 g/mol. The Hall–Kier alpha value is -2.11. The zero-order valence-corrected chi connectivity index (χ0v) is 21.0. The summed E-state index contributed by atoms with van der Waals surface area (Å²) in [5, 5.41) is 19.5. The third kappa shape index (κ3) is 4.33. The van der Waals surface area contributed by atoms with Gasteiger partial charge in [0, 0.05) is 42.8 Å². The van der Waals surface area contributed by atoms with Crippen molar-refractivity contribution in [2.24, 2.45) is 11.8 Å². The number of carboxylic acid groups (broad SMARTS) is 1. The van der Waals surface area contributed by atoms with E-state index in [0.717, 1.165) is 19.4 Å². The van der Waals surface area contributed by atoms with Gasteiger partial charge in [-0.3, -0.25) is 14.4 Å². The number of hydrogen-bond donors (Lipinski definition) is 4. The van der Waals surface area contributed by atoms with Crippen LogP contribution in [0, 0.1) is 11.8 Å². The summed E-state index contributed by atoms with van der Waals surface area (Å²) in [7, 11) is 3.44. The Labute approximate surface area is 204 Å². The molecule has 10 nitrogen and oxygen atoms in total. The molecule has 34 heavy (non-hydrogen) atoms. The molecule has 0 spiro atoms. The molecule has 0 aromatic heterocycles. The number of β-lactam (4-membered cyclic amide) rings is 1. The van der Waals surface area contributed by atoms with Gasteiger partial charge >= 0.3 is 5.97 Å². The Morgan fingerprint density at radius 1 is 1.26 bits per heavy atom. The van der Waals surface area contributed by atoms with Crippen LogP contribution in [-0.4, -0.2) is 95.2 Å². The second-order valence-electron chi connectivity index (χ2n) is 9.87. The highest BCUT2D eigenvalue weighted by atomic mass is 32.2. The molecule has 3 fully saturated rings. The summed E-state index contributed by atoms with van der Waals surface area (Å²) in [6.07, 6.45) is 2.94. The molecule has 0 aliphatic carbocycles. The minimum Gasteiger partial charge on any atom is -0.477 e. The van der Waals surface area contributed by atoms with E-state index >= 15 is 0 Å². The first-order chi connectivity index (χ1) is 16.1. The topological polar surface area (TPSA) is 131 Å². The molecule has 4 rings (SSSR count). The van der Waals surface area contributed by atoms with Crippen LogP contribution in [0.15, 0.2) is 10.6 Å². The van der Waals surface area contributed by atoms with Crippen LogP contribution in [0.3, 0.4) is 0 Å². The van der Waals surface area contributed by atoms with Gasteiger partial charge in [0.1, 0.15) is 5.70 Å². The second-order valence-corrected chi connectivity index (χ2v) is 11.2. The number of carbonyl (C=O) groups is 4. The van der Waals surface area contributed by atoms with Crippen molar-refractivity contribution in [1.29, 1.82) is 0 Å². The lowest BCUT2D eigenvalue weighted by atomic mass is 9.76. The van der Waals surface area contributed by atoms with E-state index in [4.69, 9.17) is 0 Å². The fraction of sp³-hybridized carbons (Fsp3) is 0.739. The summed E-state index contributed by atoms with van der Waals surface area (Å²) >= 11 is 1.47. The number of thioether (sulfide) groups is 1. The summed E-state index contributed by atoms with van der Waals surface area (Å²) in [5.41, 5.74) is 0.0600. The average Bonchev–Trinajstić information content (AvgIpc) is 3.53. The highest BCUT2D eigenvalue weighted by Gasteiger charge is 2.61. The molecule has 4 N–H and O–H groups in total. The van der Waals surface area contributed by atoms with Crippen LogP contribution >= 0.6 is 11.8 Å². The molecule has 0 radical (unpaired) electrons. The molecule has 0 aromatic carbocycles. The molecule has 3 amide bonds. The molecule has 0 aromatic rings. The quantitative estimate of drug-likeness (QED) is 0.347. The normalized spacial score (nSPS) is 33.5. The molecule has 4 heterocycles. The molecule has 3 unspecified atom stereocenters. The fourth-order valence-corrected chi connectivity index (χ4v) is 7.19. The maximum atomic E-state index is 13.2. The number of rotatable bonds is 8. The molecule has 188 valence electrons. The van der Waals surface area contributed by atoms with Gasteiger partial charge in [0.15, 0.2) is 0 Å². The van der Waals surface area contributed by atoms with Gasteiger partial charge in [-0.15, -0.1) is 11.8 Å². The van der Waals surface area contributed by atoms with Crippen LogP contribution < -0.4 is 16.0 Å². The number of carboxylic acids is 1. The molecule has 4 aliphatic rings. The first-order valence-corrected chi connectivity index (χ1v) is 13.0. The Balaban J connectivity index is 1.48. The molecule has 0 bridgehead atoms. The summed E-state index contributed by atoms with van der Waals surface area (Å²) in [6, 6.07) is -1.13. The molecule has 3 saturated heterocycles. The van der Waals surface area contributed by atoms with Gasteiger partial charge in [-0.1, -0.05) is 13.8 Å². The van der Waals surface area contributed by atoms with Crippen molar-refractivity contribution in [2.75, 3.05) is 27.2 Å². The zero-order valence-electron chi connectivity index (χ0n) is 20.2. The van der Waals surface area contributed by atoms with Crippen molar-refractivity contribution in [3.8, 4) is 0 Å². The van der Waals surface area contributed by atoms with Gasteiger partial charge in [-0.2, -0.15) is 0 Å². The van der Waals surface area contributed by atoms with Crippen molar-refractivity contribution in [3.05, 3.63) is 10.6 Å². The summed E-state index contributed by atoms with van der Waals surface area (Å²) < 4.78 is 0. The smallest absolute Gasteiger partial charge is 0.353 e. The molecule has 7 atom stereocenters. The van der Waals surface area contributed by atoms with Crippen LogP contribution in [-0.2, 0) is 19.2 Å². The monoisotopic (exact) mass is 493 g/mol. The van der Waals surface area contributed by atoms with Crippen molar-refractivity contribution in [3.63, 3.8) is 0 Å². The van der Waals surface area contributed by atoms with Gasteiger partial charge in [-0.25, -0.2) is 4.79 Å². The SMILES string of the molecule is CCC(NC(=O)[C@@H]1CCCN1)[C@H]1C(=O)N2C(C(=O)O)=C(S[C@@H]3CNC(C(=O)N(C)C)C3)[C@H](C)C12. The highest BCUT2D eigenvalue weighted by molar-refractivity contribution is 8.03. The third-order valence-corrected chi connectivity index (χ3v) is 9.00. The molecule has 0 saturated carbocycles. The molecular formula is C23H35N5O5S. The van der Waals surface area contributed by atoms with Crippen molar-refractivity contribution < 1.29 is 24.3 Å². The van der Waals surface area contributed by atoms with Gasteiger partial charge in [0.25, 0.3) is 0 Å². The third-order valence-electron chi connectivity index (χ3n) is 7.49. The van der Waals surface area contributed by atoms with E-state index in [9.17, 15) is 24.3 Å². The lowest BCUT2D eigenvalue weighted by Gasteiger charge is -2.48. The van der Waals surface area contributed by atoms with E-state index in [2.05, 4.69) is 16.0 Å². The number of fused-ring (bicyclic) bond motifs is 1. The summed E-state index contributed by atoms with van der Waals surface area (Å²) in [6.45, 7) is 5.32. The number of likely N-dealkylation sites (N-methyl/N-ethyl adjacent to an activating group) is 1. The molecule has 11 heteroatoms. The first kappa shape index (κ1) is 25.0. The predicted octanol–water partition coefficient (Wildman–Crippen LogP) is -0.0420. The number of carbonyl (C=O) groups excluding carboxylic acids is 3. The van der Waals surface area contributed by atoms with Gasteiger partial charge in [0.2, 0.25) is 17.7 Å². The minimum atomic E-state index is -1.11. The van der Waals surface area contributed by atoms with Crippen molar-refractivity contribution in [1.82, 2.24) is 25.8 Å². The Bertz CT molecular complexity index is 902. The number of hydrogen-bond acceptors (Lipinski definition) is 7. The first-order valence-electron chi connectivity index (χ1n) is 12.1. The maximum Gasteiger partial charge on any atom is 0.353 e.